The number of para-hydroxylation sites is 2. The van der Waals surface area contributed by atoms with E-state index in [4.69, 9.17) is 0 Å². The molecular weight excluding hydrogens is 320 g/mol. The summed E-state index contributed by atoms with van der Waals surface area (Å²) in [6.07, 6.45) is 3.32. The average Bonchev–Trinajstić information content (AvgIpc) is 3.02. The number of hydrogen-bond donors (Lipinski definition) is 1. The number of carbonyl (C=O) groups excluding carboxylic acids is 1. The number of anilines is 1. The SMILES string of the molecule is O=C1Nc2ccccc2CC[C@H]1Sc1nncn1-c1ccccc1. The van der Waals surface area contributed by atoms with Crippen molar-refractivity contribution in [2.24, 2.45) is 0 Å². The van der Waals surface area contributed by atoms with Crippen molar-refractivity contribution >= 4 is 23.4 Å². The number of hydrogen-bond acceptors (Lipinski definition) is 4. The molecule has 0 radical (unpaired) electrons. The van der Waals surface area contributed by atoms with E-state index in [1.807, 2.05) is 53.1 Å². The van der Waals surface area contributed by atoms with Crippen molar-refractivity contribution in [3.05, 3.63) is 66.5 Å². The van der Waals surface area contributed by atoms with E-state index in [1.165, 1.54) is 17.3 Å². The van der Waals surface area contributed by atoms with Crippen molar-refractivity contribution in [3.8, 4) is 5.69 Å². The Bertz CT molecular complexity index is 862. The minimum Gasteiger partial charge on any atom is -0.325 e. The molecule has 0 saturated carbocycles. The number of thioether (sulfide) groups is 1. The molecule has 1 N–H and O–H groups in total. The molecule has 0 unspecified atom stereocenters. The summed E-state index contributed by atoms with van der Waals surface area (Å²) in [5, 5.41) is 11.8. The van der Waals surface area contributed by atoms with Crippen molar-refractivity contribution in [3.63, 3.8) is 0 Å². The second-order valence-electron chi connectivity index (χ2n) is 5.61. The molecule has 1 aromatic heterocycles. The quantitative estimate of drug-likeness (QED) is 0.797. The van der Waals surface area contributed by atoms with Gasteiger partial charge < -0.3 is 5.32 Å². The van der Waals surface area contributed by atoms with Crippen LogP contribution in [0.4, 0.5) is 5.69 Å². The molecule has 2 heterocycles. The van der Waals surface area contributed by atoms with Gasteiger partial charge in [-0.3, -0.25) is 9.36 Å². The van der Waals surface area contributed by atoms with Gasteiger partial charge in [0.1, 0.15) is 6.33 Å². The van der Waals surface area contributed by atoms with Crippen LogP contribution in [-0.2, 0) is 11.2 Å². The lowest BCUT2D eigenvalue weighted by molar-refractivity contribution is -0.115. The summed E-state index contributed by atoms with van der Waals surface area (Å²) in [4.78, 5) is 12.6. The van der Waals surface area contributed by atoms with Gasteiger partial charge in [-0.15, -0.1) is 10.2 Å². The zero-order valence-corrected chi connectivity index (χ0v) is 13.7. The van der Waals surface area contributed by atoms with Crippen LogP contribution < -0.4 is 5.32 Å². The third-order valence-corrected chi connectivity index (χ3v) is 5.27. The van der Waals surface area contributed by atoms with Crippen LogP contribution in [-0.4, -0.2) is 25.9 Å². The minimum atomic E-state index is -0.191. The monoisotopic (exact) mass is 336 g/mol. The summed E-state index contributed by atoms with van der Waals surface area (Å²) in [6.45, 7) is 0. The number of nitrogens with one attached hydrogen (secondary N) is 1. The Hall–Kier alpha value is -2.60. The highest BCUT2D eigenvalue weighted by Crippen LogP contribution is 2.31. The van der Waals surface area contributed by atoms with Gasteiger partial charge in [0.2, 0.25) is 5.91 Å². The normalized spacial score (nSPS) is 17.0. The number of aryl methyl sites for hydroxylation is 1. The lowest BCUT2D eigenvalue weighted by Gasteiger charge is -2.13. The maximum Gasteiger partial charge on any atom is 0.237 e. The van der Waals surface area contributed by atoms with E-state index in [2.05, 4.69) is 21.6 Å². The van der Waals surface area contributed by atoms with E-state index < -0.39 is 0 Å². The summed E-state index contributed by atoms with van der Waals surface area (Å²) in [5.74, 6) is 0.0209. The second-order valence-corrected chi connectivity index (χ2v) is 6.78. The van der Waals surface area contributed by atoms with Crippen molar-refractivity contribution < 1.29 is 4.79 Å². The number of benzene rings is 2. The molecule has 1 aliphatic heterocycles. The van der Waals surface area contributed by atoms with Gasteiger partial charge in [-0.25, -0.2) is 0 Å². The molecule has 6 heteroatoms. The van der Waals surface area contributed by atoms with Crippen molar-refractivity contribution in [2.75, 3.05) is 5.32 Å². The first-order valence-corrected chi connectivity index (χ1v) is 8.70. The van der Waals surface area contributed by atoms with Gasteiger partial charge in [0, 0.05) is 11.4 Å². The Balaban J connectivity index is 1.57. The zero-order valence-electron chi connectivity index (χ0n) is 12.9. The van der Waals surface area contributed by atoms with E-state index in [0.29, 0.717) is 0 Å². The zero-order chi connectivity index (χ0) is 16.4. The number of fused-ring (bicyclic) bond motifs is 1. The molecule has 0 fully saturated rings. The van der Waals surface area contributed by atoms with E-state index in [9.17, 15) is 4.79 Å². The van der Waals surface area contributed by atoms with Gasteiger partial charge in [-0.1, -0.05) is 48.2 Å². The fourth-order valence-corrected chi connectivity index (χ4v) is 3.82. The third kappa shape index (κ3) is 2.92. The Kier molecular flexibility index (Phi) is 4.04. The molecular formula is C18H16N4OS. The Morgan fingerprint density at radius 3 is 2.75 bits per heavy atom. The lowest BCUT2D eigenvalue weighted by Crippen LogP contribution is -2.24. The van der Waals surface area contributed by atoms with Crippen LogP contribution in [0.5, 0.6) is 0 Å². The Morgan fingerprint density at radius 1 is 1.08 bits per heavy atom. The highest BCUT2D eigenvalue weighted by molar-refractivity contribution is 8.00. The first kappa shape index (κ1) is 15.0. The van der Waals surface area contributed by atoms with Crippen LogP contribution in [0.2, 0.25) is 0 Å². The van der Waals surface area contributed by atoms with Gasteiger partial charge >= 0.3 is 0 Å². The predicted octanol–water partition coefficient (Wildman–Crippen LogP) is 3.31. The maximum absolute atomic E-state index is 12.6. The van der Waals surface area contributed by atoms with Gasteiger partial charge in [0.05, 0.1) is 5.25 Å². The number of amides is 1. The maximum atomic E-state index is 12.6. The van der Waals surface area contributed by atoms with Gasteiger partial charge in [0.15, 0.2) is 5.16 Å². The molecule has 0 spiro atoms. The standard InChI is InChI=1S/C18H16N4OS/c23-17-16(11-10-13-6-4-5-9-15(13)20-17)24-18-21-19-12-22(18)14-7-2-1-3-8-14/h1-9,12,16H,10-11H2,(H,20,23)/t16-/m1/s1. The van der Waals surface area contributed by atoms with Crippen LogP contribution in [0.1, 0.15) is 12.0 Å². The fraction of sp³-hybridized carbons (Fsp3) is 0.167. The highest BCUT2D eigenvalue weighted by atomic mass is 32.2. The summed E-state index contributed by atoms with van der Waals surface area (Å²) < 4.78 is 1.91. The molecule has 5 nitrogen and oxygen atoms in total. The van der Waals surface area contributed by atoms with E-state index in [1.54, 1.807) is 6.33 Å². The number of nitrogens with zero attached hydrogens (tertiary/aromatic N) is 3. The van der Waals surface area contributed by atoms with Crippen LogP contribution in [0, 0.1) is 0 Å². The number of carbonyl (C=O) groups is 1. The molecule has 0 bridgehead atoms. The van der Waals surface area contributed by atoms with Crippen LogP contribution in [0.3, 0.4) is 0 Å². The molecule has 24 heavy (non-hydrogen) atoms. The summed E-state index contributed by atoms with van der Waals surface area (Å²) in [6, 6.07) is 17.9. The average molecular weight is 336 g/mol. The van der Waals surface area contributed by atoms with E-state index in [-0.39, 0.29) is 11.2 Å². The highest BCUT2D eigenvalue weighted by Gasteiger charge is 2.26. The third-order valence-electron chi connectivity index (χ3n) is 4.04. The number of rotatable bonds is 3. The molecule has 1 amide bonds. The van der Waals surface area contributed by atoms with Crippen LogP contribution >= 0.6 is 11.8 Å². The van der Waals surface area contributed by atoms with Crippen molar-refractivity contribution in [1.82, 2.24) is 14.8 Å². The van der Waals surface area contributed by atoms with Gasteiger partial charge in [-0.2, -0.15) is 0 Å². The second kappa shape index (κ2) is 6.49. The first-order chi connectivity index (χ1) is 11.8. The van der Waals surface area contributed by atoms with E-state index >= 15 is 0 Å². The minimum absolute atomic E-state index is 0.0209. The summed E-state index contributed by atoms with van der Waals surface area (Å²) in [7, 11) is 0. The molecule has 120 valence electrons. The Labute approximate surface area is 144 Å². The summed E-state index contributed by atoms with van der Waals surface area (Å²) >= 11 is 1.46. The first-order valence-electron chi connectivity index (χ1n) is 7.82. The molecule has 4 rings (SSSR count). The molecule has 3 aromatic rings. The van der Waals surface area contributed by atoms with Gasteiger partial charge in [0.25, 0.3) is 0 Å². The number of aromatic nitrogens is 3. The summed E-state index contributed by atoms with van der Waals surface area (Å²) in [5.41, 5.74) is 3.08. The Morgan fingerprint density at radius 2 is 1.88 bits per heavy atom. The molecule has 0 aliphatic carbocycles. The molecule has 1 aliphatic rings. The molecule has 1 atom stereocenters. The smallest absolute Gasteiger partial charge is 0.237 e. The lowest BCUT2D eigenvalue weighted by atomic mass is 10.1. The van der Waals surface area contributed by atoms with Crippen molar-refractivity contribution in [1.29, 1.82) is 0 Å². The van der Waals surface area contributed by atoms with Gasteiger partial charge in [-0.05, 0) is 36.6 Å². The van der Waals surface area contributed by atoms with Crippen molar-refractivity contribution in [2.45, 2.75) is 23.2 Å². The largest absolute Gasteiger partial charge is 0.325 e. The van der Waals surface area contributed by atoms with Crippen LogP contribution in [0.25, 0.3) is 5.69 Å². The predicted molar refractivity (Wildman–Crippen MR) is 94.4 cm³/mol. The van der Waals surface area contributed by atoms with Crippen LogP contribution in [0.15, 0.2) is 66.1 Å². The van der Waals surface area contributed by atoms with E-state index in [0.717, 1.165) is 29.4 Å². The molecule has 0 saturated heterocycles. The topological polar surface area (TPSA) is 59.8 Å². The fourth-order valence-electron chi connectivity index (χ4n) is 2.80. The molecule has 2 aromatic carbocycles.